The number of rotatable bonds is 4. The quantitative estimate of drug-likeness (QED) is 0.628. The maximum Gasteiger partial charge on any atom is 0.331 e. The van der Waals surface area contributed by atoms with E-state index in [1.165, 1.54) is 19.1 Å². The fourth-order valence-electron chi connectivity index (χ4n) is 5.20. The second-order valence-corrected chi connectivity index (χ2v) is 7.96. The van der Waals surface area contributed by atoms with Crippen molar-refractivity contribution in [2.75, 3.05) is 14.2 Å². The molecule has 3 aromatic rings. The van der Waals surface area contributed by atoms with E-state index in [4.69, 9.17) is 9.47 Å². The van der Waals surface area contributed by atoms with Crippen LogP contribution >= 0.6 is 0 Å². The lowest BCUT2D eigenvalue weighted by Crippen LogP contribution is -2.56. The molecule has 0 unspecified atom stereocenters. The number of nitrogens with zero attached hydrogens (tertiary/aromatic N) is 1. The number of urea groups is 1. The Morgan fingerprint density at radius 3 is 1.85 bits per heavy atom. The zero-order chi connectivity index (χ0) is 23.2. The number of carbonyl (C=O) groups is 3. The fraction of sp³-hybridized carbons (Fsp3) is 0.192. The lowest BCUT2D eigenvalue weighted by molar-refractivity contribution is -0.153. The average Bonchev–Trinajstić information content (AvgIpc) is 3.36. The van der Waals surface area contributed by atoms with Crippen LogP contribution in [0.5, 0.6) is 0 Å². The summed E-state index contributed by atoms with van der Waals surface area (Å²) in [4.78, 5) is 40.8. The average molecular weight is 442 g/mol. The van der Waals surface area contributed by atoms with Gasteiger partial charge in [-0.15, -0.1) is 0 Å². The van der Waals surface area contributed by atoms with Crippen LogP contribution < -0.4 is 5.32 Å². The number of ether oxygens (including phenoxy) is 2. The van der Waals surface area contributed by atoms with Crippen LogP contribution in [-0.2, 0) is 24.6 Å². The summed E-state index contributed by atoms with van der Waals surface area (Å²) in [5, 5.41) is 2.66. The van der Waals surface area contributed by atoms with Gasteiger partial charge in [-0.25, -0.2) is 14.4 Å². The molecule has 1 saturated heterocycles. The van der Waals surface area contributed by atoms with Gasteiger partial charge < -0.3 is 14.8 Å². The van der Waals surface area contributed by atoms with Crippen molar-refractivity contribution in [1.82, 2.24) is 10.2 Å². The smallest absolute Gasteiger partial charge is 0.331 e. The van der Waals surface area contributed by atoms with Crippen molar-refractivity contribution in [2.24, 2.45) is 0 Å². The van der Waals surface area contributed by atoms with Gasteiger partial charge in [0.05, 0.1) is 14.2 Å². The SMILES string of the molecule is COC(=O)[C@H]1NC(=O)N(C2(c3ccccc3)c3ccccc3-c3ccccc32)[C@@H]1C(=O)OC. The zero-order valence-electron chi connectivity index (χ0n) is 18.1. The summed E-state index contributed by atoms with van der Waals surface area (Å²) >= 11 is 0. The molecule has 7 heteroatoms. The van der Waals surface area contributed by atoms with Crippen molar-refractivity contribution in [3.63, 3.8) is 0 Å². The number of benzene rings is 3. The van der Waals surface area contributed by atoms with E-state index in [-0.39, 0.29) is 0 Å². The zero-order valence-corrected chi connectivity index (χ0v) is 18.1. The Morgan fingerprint density at radius 1 is 0.788 bits per heavy atom. The third kappa shape index (κ3) is 2.78. The number of esters is 2. The number of amides is 2. The fourth-order valence-corrected chi connectivity index (χ4v) is 5.20. The number of carbonyl (C=O) groups excluding carboxylic acids is 3. The summed E-state index contributed by atoms with van der Waals surface area (Å²) in [6.45, 7) is 0. The molecule has 0 radical (unpaired) electrons. The van der Waals surface area contributed by atoms with Gasteiger partial charge in [-0.1, -0.05) is 78.9 Å². The topological polar surface area (TPSA) is 84.9 Å². The minimum atomic E-state index is -1.24. The molecule has 1 fully saturated rings. The first-order chi connectivity index (χ1) is 16.1. The molecule has 0 spiro atoms. The second kappa shape index (κ2) is 7.78. The maximum atomic E-state index is 13.6. The van der Waals surface area contributed by atoms with E-state index in [0.717, 1.165) is 27.8 Å². The molecule has 3 aromatic carbocycles. The van der Waals surface area contributed by atoms with Crippen molar-refractivity contribution in [2.45, 2.75) is 17.6 Å². The first-order valence-corrected chi connectivity index (χ1v) is 10.6. The third-order valence-corrected chi connectivity index (χ3v) is 6.47. The van der Waals surface area contributed by atoms with Gasteiger partial charge in [0.15, 0.2) is 12.1 Å². The molecular formula is C26H22N2O5. The highest BCUT2D eigenvalue weighted by Gasteiger charge is 2.61. The maximum absolute atomic E-state index is 13.6. The highest BCUT2D eigenvalue weighted by molar-refractivity contribution is 5.99. The Balaban J connectivity index is 1.88. The van der Waals surface area contributed by atoms with E-state index >= 15 is 0 Å². The van der Waals surface area contributed by atoms with Crippen molar-refractivity contribution in [3.05, 3.63) is 95.6 Å². The number of hydrogen-bond acceptors (Lipinski definition) is 5. The molecule has 1 aliphatic heterocycles. The Hall–Kier alpha value is -4.13. The molecule has 2 aliphatic rings. The van der Waals surface area contributed by atoms with E-state index in [2.05, 4.69) is 5.32 Å². The van der Waals surface area contributed by atoms with Crippen LogP contribution in [-0.4, -0.2) is 49.2 Å². The number of nitrogens with one attached hydrogen (secondary N) is 1. The third-order valence-electron chi connectivity index (χ3n) is 6.47. The minimum absolute atomic E-state index is 0.559. The number of methoxy groups -OCH3 is 2. The van der Waals surface area contributed by atoms with Gasteiger partial charge in [0.1, 0.15) is 5.54 Å². The molecule has 0 saturated carbocycles. The van der Waals surface area contributed by atoms with Crippen LogP contribution in [0.15, 0.2) is 78.9 Å². The molecule has 5 rings (SSSR count). The summed E-state index contributed by atoms with van der Waals surface area (Å²) < 4.78 is 9.98. The van der Waals surface area contributed by atoms with Crippen molar-refractivity contribution in [1.29, 1.82) is 0 Å². The molecule has 1 N–H and O–H groups in total. The van der Waals surface area contributed by atoms with Gasteiger partial charge in [0, 0.05) is 0 Å². The van der Waals surface area contributed by atoms with Crippen LogP contribution in [0, 0.1) is 0 Å². The predicted molar refractivity (Wildman–Crippen MR) is 120 cm³/mol. The monoisotopic (exact) mass is 442 g/mol. The summed E-state index contributed by atoms with van der Waals surface area (Å²) in [5.41, 5.74) is 3.21. The summed E-state index contributed by atoms with van der Waals surface area (Å²) in [5.74, 6) is -1.43. The highest BCUT2D eigenvalue weighted by Crippen LogP contribution is 2.55. The van der Waals surface area contributed by atoms with Crippen LogP contribution in [0.1, 0.15) is 16.7 Å². The Kier molecular flexibility index (Phi) is 4.89. The Labute approximate surface area is 190 Å². The molecule has 2 amide bonds. The standard InChI is InChI=1S/C26H22N2O5/c1-32-23(29)21-22(24(30)33-2)28(25(31)27-21)26(16-10-4-3-5-11-16)19-14-8-6-12-17(19)18-13-7-9-15-20(18)26/h3-15,21-22H,1-2H3,(H,27,31)/t21-,22-/m0/s1. The van der Waals surface area contributed by atoms with Crippen LogP contribution in [0.4, 0.5) is 4.79 Å². The van der Waals surface area contributed by atoms with Crippen LogP contribution in [0.2, 0.25) is 0 Å². The molecule has 33 heavy (non-hydrogen) atoms. The van der Waals surface area contributed by atoms with Crippen molar-refractivity contribution < 1.29 is 23.9 Å². The molecule has 2 atom stereocenters. The molecule has 166 valence electrons. The largest absolute Gasteiger partial charge is 0.467 e. The Bertz CT molecular complexity index is 1210. The summed E-state index contributed by atoms with van der Waals surface area (Å²) in [6.07, 6.45) is 0. The van der Waals surface area contributed by atoms with Crippen LogP contribution in [0.3, 0.4) is 0 Å². The van der Waals surface area contributed by atoms with E-state index < -0.39 is 35.6 Å². The second-order valence-electron chi connectivity index (χ2n) is 7.96. The van der Waals surface area contributed by atoms with E-state index in [1.54, 1.807) is 0 Å². The lowest BCUT2D eigenvalue weighted by Gasteiger charge is -2.43. The molecule has 0 aromatic heterocycles. The van der Waals surface area contributed by atoms with E-state index in [1.807, 2.05) is 78.9 Å². The summed E-state index contributed by atoms with van der Waals surface area (Å²) in [7, 11) is 2.46. The van der Waals surface area contributed by atoms with E-state index in [0.29, 0.717) is 0 Å². The normalized spacial score (nSPS) is 19.9. The van der Waals surface area contributed by atoms with Gasteiger partial charge in [0.2, 0.25) is 0 Å². The molecular weight excluding hydrogens is 420 g/mol. The van der Waals surface area contributed by atoms with Gasteiger partial charge in [-0.05, 0) is 27.8 Å². The van der Waals surface area contributed by atoms with Gasteiger partial charge in [-0.3, -0.25) is 4.90 Å². The molecule has 0 bridgehead atoms. The lowest BCUT2D eigenvalue weighted by atomic mass is 9.78. The Morgan fingerprint density at radius 2 is 1.30 bits per heavy atom. The number of hydrogen-bond donors (Lipinski definition) is 1. The predicted octanol–water partition coefficient (Wildman–Crippen LogP) is 3.07. The number of fused-ring (bicyclic) bond motifs is 3. The highest BCUT2D eigenvalue weighted by atomic mass is 16.5. The van der Waals surface area contributed by atoms with Gasteiger partial charge in [0.25, 0.3) is 0 Å². The molecule has 7 nitrogen and oxygen atoms in total. The van der Waals surface area contributed by atoms with Gasteiger partial charge >= 0.3 is 18.0 Å². The van der Waals surface area contributed by atoms with Crippen molar-refractivity contribution >= 4 is 18.0 Å². The minimum Gasteiger partial charge on any atom is -0.467 e. The van der Waals surface area contributed by atoms with Gasteiger partial charge in [-0.2, -0.15) is 0 Å². The first-order valence-electron chi connectivity index (χ1n) is 10.6. The molecule has 1 aliphatic carbocycles. The van der Waals surface area contributed by atoms with E-state index in [9.17, 15) is 14.4 Å². The van der Waals surface area contributed by atoms with Crippen LogP contribution in [0.25, 0.3) is 11.1 Å². The molecule has 1 heterocycles. The first kappa shape index (κ1) is 20.8. The van der Waals surface area contributed by atoms with Crippen molar-refractivity contribution in [3.8, 4) is 11.1 Å². The summed E-state index contributed by atoms with van der Waals surface area (Å²) in [6, 6.07) is 22.1.